The third-order valence-corrected chi connectivity index (χ3v) is 5.53. The number of nitrogens with one attached hydrogen (secondary N) is 2. The topological polar surface area (TPSA) is 54.0 Å². The van der Waals surface area contributed by atoms with Gasteiger partial charge in [0.25, 0.3) is 0 Å². The minimum absolute atomic E-state index is 0.258. The van der Waals surface area contributed by atoms with E-state index in [0.717, 1.165) is 33.0 Å². The zero-order chi connectivity index (χ0) is 18.8. The summed E-state index contributed by atoms with van der Waals surface area (Å²) in [6.45, 7) is 4.07. The second-order valence-corrected chi connectivity index (χ2v) is 7.47. The number of urea groups is 1. The molecule has 1 heterocycles. The van der Waals surface area contributed by atoms with Crippen LogP contribution in [0.4, 0.5) is 16.2 Å². The number of rotatable bonds is 3. The highest BCUT2D eigenvalue weighted by atomic mass is 32.1. The Morgan fingerprint density at radius 3 is 2.30 bits per heavy atom. The first kappa shape index (κ1) is 17.2. The minimum Gasteiger partial charge on any atom is -0.308 e. The van der Waals surface area contributed by atoms with Crippen LogP contribution in [0.5, 0.6) is 0 Å². The lowest BCUT2D eigenvalue weighted by atomic mass is 10.1. The van der Waals surface area contributed by atoms with Crippen molar-refractivity contribution in [2.45, 2.75) is 13.8 Å². The molecule has 2 amide bonds. The fourth-order valence-electron chi connectivity index (χ4n) is 2.80. The summed E-state index contributed by atoms with van der Waals surface area (Å²) in [4.78, 5) is 16.9. The normalized spacial score (nSPS) is 10.7. The van der Waals surface area contributed by atoms with E-state index in [-0.39, 0.29) is 6.03 Å². The van der Waals surface area contributed by atoms with Crippen molar-refractivity contribution in [2.24, 2.45) is 0 Å². The first-order valence-electron chi connectivity index (χ1n) is 8.70. The molecule has 5 heteroatoms. The molecule has 4 aromatic rings. The molecule has 0 fully saturated rings. The highest BCUT2D eigenvalue weighted by Gasteiger charge is 2.07. The van der Waals surface area contributed by atoms with E-state index in [1.807, 2.05) is 74.5 Å². The minimum atomic E-state index is -0.258. The van der Waals surface area contributed by atoms with Gasteiger partial charge in [-0.25, -0.2) is 9.78 Å². The summed E-state index contributed by atoms with van der Waals surface area (Å²) in [5, 5.41) is 6.70. The van der Waals surface area contributed by atoms with Gasteiger partial charge in [-0.2, -0.15) is 0 Å². The van der Waals surface area contributed by atoms with E-state index < -0.39 is 0 Å². The standard InChI is InChI=1S/C22H19N3OS/c1-14-7-10-18(13-15(14)2)24-22(26)23-17-11-8-16(9-12-17)21-25-19-5-3-4-6-20(19)27-21/h3-13H,1-2H3,(H2,23,24,26). The molecule has 0 aliphatic rings. The van der Waals surface area contributed by atoms with Crippen LogP contribution in [-0.4, -0.2) is 11.0 Å². The van der Waals surface area contributed by atoms with E-state index >= 15 is 0 Å². The lowest BCUT2D eigenvalue weighted by molar-refractivity contribution is 0.262. The van der Waals surface area contributed by atoms with E-state index in [9.17, 15) is 4.79 Å². The average molecular weight is 373 g/mol. The maximum absolute atomic E-state index is 12.2. The first-order valence-corrected chi connectivity index (χ1v) is 9.51. The predicted molar refractivity (Wildman–Crippen MR) is 114 cm³/mol. The fraction of sp³-hybridized carbons (Fsp3) is 0.0909. The van der Waals surface area contributed by atoms with Crippen molar-refractivity contribution in [3.8, 4) is 10.6 Å². The van der Waals surface area contributed by atoms with Crippen LogP contribution in [-0.2, 0) is 0 Å². The number of hydrogen-bond donors (Lipinski definition) is 2. The van der Waals surface area contributed by atoms with Gasteiger partial charge in [0.2, 0.25) is 0 Å². The molecule has 4 nitrogen and oxygen atoms in total. The molecule has 0 aliphatic heterocycles. The molecular formula is C22H19N3OS. The van der Waals surface area contributed by atoms with Crippen molar-refractivity contribution in [3.63, 3.8) is 0 Å². The van der Waals surface area contributed by atoms with Crippen molar-refractivity contribution >= 4 is 39.0 Å². The highest BCUT2D eigenvalue weighted by Crippen LogP contribution is 2.30. The largest absolute Gasteiger partial charge is 0.323 e. The summed E-state index contributed by atoms with van der Waals surface area (Å²) < 4.78 is 1.17. The summed E-state index contributed by atoms with van der Waals surface area (Å²) in [6, 6.07) is 21.4. The number of anilines is 2. The Morgan fingerprint density at radius 2 is 1.56 bits per heavy atom. The summed E-state index contributed by atoms with van der Waals surface area (Å²) in [5.74, 6) is 0. The number of para-hydroxylation sites is 1. The molecule has 3 aromatic carbocycles. The number of hydrogen-bond acceptors (Lipinski definition) is 3. The number of fused-ring (bicyclic) bond motifs is 1. The van der Waals surface area contributed by atoms with Gasteiger partial charge in [0.05, 0.1) is 10.2 Å². The first-order chi connectivity index (χ1) is 13.1. The van der Waals surface area contributed by atoms with Gasteiger partial charge in [-0.1, -0.05) is 18.2 Å². The number of aromatic nitrogens is 1. The van der Waals surface area contributed by atoms with Crippen LogP contribution in [0, 0.1) is 13.8 Å². The van der Waals surface area contributed by atoms with E-state index in [1.165, 1.54) is 10.3 Å². The lowest BCUT2D eigenvalue weighted by Crippen LogP contribution is -2.19. The molecule has 0 unspecified atom stereocenters. The van der Waals surface area contributed by atoms with Crippen molar-refractivity contribution < 1.29 is 4.79 Å². The van der Waals surface area contributed by atoms with Gasteiger partial charge in [-0.15, -0.1) is 11.3 Å². The van der Waals surface area contributed by atoms with Gasteiger partial charge in [-0.3, -0.25) is 0 Å². The zero-order valence-electron chi connectivity index (χ0n) is 15.1. The molecule has 1 aromatic heterocycles. The zero-order valence-corrected chi connectivity index (χ0v) is 15.9. The van der Waals surface area contributed by atoms with Gasteiger partial charge in [0, 0.05) is 16.9 Å². The molecule has 0 atom stereocenters. The molecule has 27 heavy (non-hydrogen) atoms. The number of carbonyl (C=O) groups is 1. The van der Waals surface area contributed by atoms with E-state index in [2.05, 4.69) is 21.7 Å². The van der Waals surface area contributed by atoms with Crippen LogP contribution >= 0.6 is 11.3 Å². The van der Waals surface area contributed by atoms with Crippen molar-refractivity contribution in [1.82, 2.24) is 4.98 Å². The van der Waals surface area contributed by atoms with Crippen LogP contribution in [0.25, 0.3) is 20.8 Å². The van der Waals surface area contributed by atoms with Gasteiger partial charge >= 0.3 is 6.03 Å². The van der Waals surface area contributed by atoms with E-state index in [1.54, 1.807) is 11.3 Å². The molecule has 0 spiro atoms. The Morgan fingerprint density at radius 1 is 0.852 bits per heavy atom. The van der Waals surface area contributed by atoms with Crippen molar-refractivity contribution in [2.75, 3.05) is 10.6 Å². The third-order valence-electron chi connectivity index (χ3n) is 4.45. The molecule has 4 rings (SSSR count). The molecule has 0 saturated carbocycles. The quantitative estimate of drug-likeness (QED) is 0.447. The van der Waals surface area contributed by atoms with Crippen LogP contribution < -0.4 is 10.6 Å². The number of nitrogens with zero attached hydrogens (tertiary/aromatic N) is 1. The Hall–Kier alpha value is -3.18. The Balaban J connectivity index is 1.45. The smallest absolute Gasteiger partial charge is 0.308 e. The summed E-state index contributed by atoms with van der Waals surface area (Å²) in [7, 11) is 0. The lowest BCUT2D eigenvalue weighted by Gasteiger charge is -2.09. The monoisotopic (exact) mass is 373 g/mol. The molecular weight excluding hydrogens is 354 g/mol. The van der Waals surface area contributed by atoms with Crippen LogP contribution in [0.3, 0.4) is 0 Å². The fourth-order valence-corrected chi connectivity index (χ4v) is 3.78. The van der Waals surface area contributed by atoms with Gasteiger partial charge in [0.15, 0.2) is 0 Å². The summed E-state index contributed by atoms with van der Waals surface area (Å²) in [5.41, 5.74) is 5.91. The van der Waals surface area contributed by atoms with E-state index in [4.69, 9.17) is 0 Å². The van der Waals surface area contributed by atoms with Gasteiger partial charge in [0.1, 0.15) is 5.01 Å². The van der Waals surface area contributed by atoms with Crippen molar-refractivity contribution in [3.05, 3.63) is 77.9 Å². The molecule has 0 aliphatic carbocycles. The van der Waals surface area contributed by atoms with Crippen LogP contribution in [0.2, 0.25) is 0 Å². The molecule has 2 N–H and O–H groups in total. The Kier molecular flexibility index (Phi) is 4.60. The van der Waals surface area contributed by atoms with Gasteiger partial charge < -0.3 is 10.6 Å². The number of amides is 2. The maximum Gasteiger partial charge on any atom is 0.323 e. The second-order valence-electron chi connectivity index (χ2n) is 6.44. The molecule has 134 valence electrons. The maximum atomic E-state index is 12.2. The highest BCUT2D eigenvalue weighted by molar-refractivity contribution is 7.21. The van der Waals surface area contributed by atoms with Crippen molar-refractivity contribution in [1.29, 1.82) is 0 Å². The van der Waals surface area contributed by atoms with Crippen LogP contribution in [0.1, 0.15) is 11.1 Å². The molecule has 0 saturated heterocycles. The number of benzene rings is 3. The predicted octanol–water partition coefficient (Wildman–Crippen LogP) is 6.22. The average Bonchev–Trinajstić information content (AvgIpc) is 3.09. The Labute approximate surface area is 161 Å². The Bertz CT molecular complexity index is 1080. The van der Waals surface area contributed by atoms with Crippen LogP contribution in [0.15, 0.2) is 66.7 Å². The number of thiazole rings is 1. The SMILES string of the molecule is Cc1ccc(NC(=O)Nc2ccc(-c3nc4ccccc4s3)cc2)cc1C. The summed E-state index contributed by atoms with van der Waals surface area (Å²) in [6.07, 6.45) is 0. The number of carbonyl (C=O) groups excluding carboxylic acids is 1. The molecule has 0 bridgehead atoms. The second kappa shape index (κ2) is 7.21. The summed E-state index contributed by atoms with van der Waals surface area (Å²) >= 11 is 1.66. The van der Waals surface area contributed by atoms with E-state index in [0.29, 0.717) is 0 Å². The van der Waals surface area contributed by atoms with Gasteiger partial charge in [-0.05, 0) is 73.5 Å². The third kappa shape index (κ3) is 3.83. The molecule has 0 radical (unpaired) electrons. The number of aryl methyl sites for hydroxylation is 2.